The molecule has 130 valence electrons. The van der Waals surface area contributed by atoms with E-state index >= 15 is 0 Å². The molecular weight excluding hydrogens is 325 g/mol. The SMILES string of the molecule is Cl.Fc1cc(F)c([C@H](C2CCCCC2)N2CCNCC2)c(F)c1. The maximum atomic E-state index is 14.3. The van der Waals surface area contributed by atoms with Crippen LogP contribution in [-0.4, -0.2) is 31.1 Å². The molecule has 0 amide bonds. The Hall–Kier alpha value is -0.780. The predicted octanol–water partition coefficient (Wildman–Crippen LogP) is 4.05. The van der Waals surface area contributed by atoms with E-state index in [1.807, 2.05) is 0 Å². The van der Waals surface area contributed by atoms with Crippen LogP contribution < -0.4 is 5.32 Å². The lowest BCUT2D eigenvalue weighted by Crippen LogP contribution is -2.47. The summed E-state index contributed by atoms with van der Waals surface area (Å²) in [5.41, 5.74) is 0.0650. The zero-order valence-electron chi connectivity index (χ0n) is 13.2. The van der Waals surface area contributed by atoms with Crippen LogP contribution in [-0.2, 0) is 0 Å². The number of hydrogen-bond acceptors (Lipinski definition) is 2. The Morgan fingerprint density at radius 1 is 0.957 bits per heavy atom. The molecule has 1 aliphatic heterocycles. The second-order valence-corrected chi connectivity index (χ2v) is 6.41. The van der Waals surface area contributed by atoms with E-state index in [1.54, 1.807) is 0 Å². The van der Waals surface area contributed by atoms with Crippen LogP contribution >= 0.6 is 12.4 Å². The number of benzene rings is 1. The highest BCUT2D eigenvalue weighted by Crippen LogP contribution is 2.40. The summed E-state index contributed by atoms with van der Waals surface area (Å²) in [5.74, 6) is -2.08. The van der Waals surface area contributed by atoms with Gasteiger partial charge < -0.3 is 5.32 Å². The van der Waals surface area contributed by atoms with Crippen LogP contribution in [0.4, 0.5) is 13.2 Å². The van der Waals surface area contributed by atoms with Crippen molar-refractivity contribution < 1.29 is 13.2 Å². The van der Waals surface area contributed by atoms with Crippen LogP contribution in [0.2, 0.25) is 0 Å². The highest BCUT2D eigenvalue weighted by Gasteiger charge is 2.34. The van der Waals surface area contributed by atoms with Crippen molar-refractivity contribution in [1.29, 1.82) is 0 Å². The Balaban J connectivity index is 0.00000192. The Morgan fingerprint density at radius 3 is 2.09 bits per heavy atom. The first kappa shape index (κ1) is 18.6. The molecule has 0 spiro atoms. The van der Waals surface area contributed by atoms with Gasteiger partial charge in [0.1, 0.15) is 17.5 Å². The largest absolute Gasteiger partial charge is 0.314 e. The number of nitrogens with zero attached hydrogens (tertiary/aromatic N) is 1. The molecule has 1 saturated carbocycles. The lowest BCUT2D eigenvalue weighted by atomic mass is 9.79. The van der Waals surface area contributed by atoms with Crippen LogP contribution in [0.5, 0.6) is 0 Å². The van der Waals surface area contributed by atoms with Crippen molar-refractivity contribution in [3.63, 3.8) is 0 Å². The van der Waals surface area contributed by atoms with Gasteiger partial charge in [-0.05, 0) is 18.8 Å². The normalized spacial score (nSPS) is 21.7. The number of nitrogens with one attached hydrogen (secondary N) is 1. The Bertz CT molecular complexity index is 474. The van der Waals surface area contributed by atoms with Gasteiger partial charge in [0.2, 0.25) is 0 Å². The van der Waals surface area contributed by atoms with Gasteiger partial charge in [0.05, 0.1) is 0 Å². The van der Waals surface area contributed by atoms with Crippen molar-refractivity contribution in [2.45, 2.75) is 38.1 Å². The first-order valence-corrected chi connectivity index (χ1v) is 8.26. The average Bonchev–Trinajstić information content (AvgIpc) is 2.52. The number of halogens is 4. The van der Waals surface area contributed by atoms with Crippen LogP contribution in [0.15, 0.2) is 12.1 Å². The summed E-state index contributed by atoms with van der Waals surface area (Å²) >= 11 is 0. The molecule has 0 radical (unpaired) electrons. The van der Waals surface area contributed by atoms with Crippen molar-refractivity contribution in [2.75, 3.05) is 26.2 Å². The van der Waals surface area contributed by atoms with Crippen molar-refractivity contribution in [3.05, 3.63) is 35.1 Å². The molecule has 3 rings (SSSR count). The molecule has 0 bridgehead atoms. The van der Waals surface area contributed by atoms with Crippen LogP contribution in [0, 0.1) is 23.4 Å². The summed E-state index contributed by atoms with van der Waals surface area (Å²) in [7, 11) is 0. The summed E-state index contributed by atoms with van der Waals surface area (Å²) < 4.78 is 42.0. The fraction of sp³-hybridized carbons (Fsp3) is 0.647. The van der Waals surface area contributed by atoms with E-state index < -0.39 is 17.5 Å². The maximum absolute atomic E-state index is 14.3. The van der Waals surface area contributed by atoms with Crippen LogP contribution in [0.3, 0.4) is 0 Å². The molecule has 1 aliphatic carbocycles. The molecule has 1 aromatic rings. The lowest BCUT2D eigenvalue weighted by molar-refractivity contribution is 0.0975. The van der Waals surface area contributed by atoms with E-state index in [2.05, 4.69) is 10.2 Å². The minimum Gasteiger partial charge on any atom is -0.314 e. The minimum atomic E-state index is -0.846. The summed E-state index contributed by atoms with van der Waals surface area (Å²) in [6.07, 6.45) is 5.39. The van der Waals surface area contributed by atoms with Gasteiger partial charge in [0.15, 0.2) is 0 Å². The maximum Gasteiger partial charge on any atom is 0.133 e. The highest BCUT2D eigenvalue weighted by atomic mass is 35.5. The average molecular weight is 349 g/mol. The first-order valence-electron chi connectivity index (χ1n) is 8.26. The Kier molecular flexibility index (Phi) is 6.74. The van der Waals surface area contributed by atoms with Crippen molar-refractivity contribution in [1.82, 2.24) is 10.2 Å². The zero-order chi connectivity index (χ0) is 15.5. The van der Waals surface area contributed by atoms with E-state index in [1.165, 1.54) is 6.42 Å². The lowest BCUT2D eigenvalue weighted by Gasteiger charge is -2.41. The van der Waals surface area contributed by atoms with Gasteiger partial charge >= 0.3 is 0 Å². The molecule has 0 aromatic heterocycles. The van der Waals surface area contributed by atoms with Gasteiger partial charge in [0.25, 0.3) is 0 Å². The summed E-state index contributed by atoms with van der Waals surface area (Å²) in [4.78, 5) is 2.17. The van der Waals surface area contributed by atoms with Gasteiger partial charge in [-0.25, -0.2) is 13.2 Å². The standard InChI is InChI=1S/C17H23F3N2.ClH/c18-13-10-14(19)16(15(20)11-13)17(12-4-2-1-3-5-12)22-8-6-21-7-9-22;/h10-12,17,21H,1-9H2;1H/t17-;/m0./s1. The predicted molar refractivity (Wildman–Crippen MR) is 87.3 cm³/mol. The quantitative estimate of drug-likeness (QED) is 0.886. The molecule has 6 heteroatoms. The number of rotatable bonds is 3. The Morgan fingerprint density at radius 2 is 1.52 bits per heavy atom. The van der Waals surface area contributed by atoms with Crippen molar-refractivity contribution in [3.8, 4) is 0 Å². The van der Waals surface area contributed by atoms with Gasteiger partial charge in [-0.1, -0.05) is 19.3 Å². The minimum absolute atomic E-state index is 0. The number of hydrogen-bond donors (Lipinski definition) is 1. The molecule has 1 heterocycles. The van der Waals surface area contributed by atoms with Crippen molar-refractivity contribution >= 4 is 12.4 Å². The van der Waals surface area contributed by atoms with Crippen LogP contribution in [0.1, 0.15) is 43.7 Å². The Labute approximate surface area is 141 Å². The topological polar surface area (TPSA) is 15.3 Å². The summed E-state index contributed by atoms with van der Waals surface area (Å²) in [6.45, 7) is 3.20. The smallest absolute Gasteiger partial charge is 0.133 e. The third-order valence-corrected chi connectivity index (χ3v) is 4.98. The molecule has 1 saturated heterocycles. The van der Waals surface area contributed by atoms with Gasteiger partial charge in [-0.3, -0.25) is 4.90 Å². The first-order chi connectivity index (χ1) is 10.7. The van der Waals surface area contributed by atoms with E-state index in [0.29, 0.717) is 0 Å². The molecule has 0 unspecified atom stereocenters. The summed E-state index contributed by atoms with van der Waals surface area (Å²) in [5, 5.41) is 3.27. The van der Waals surface area contributed by atoms with Gasteiger partial charge in [-0.2, -0.15) is 0 Å². The molecule has 2 fully saturated rings. The van der Waals surface area contributed by atoms with Gasteiger partial charge in [0, 0.05) is 49.9 Å². The molecule has 1 N–H and O–H groups in total. The second-order valence-electron chi connectivity index (χ2n) is 6.41. The van der Waals surface area contributed by atoms with E-state index in [0.717, 1.165) is 64.0 Å². The van der Waals surface area contributed by atoms with E-state index in [9.17, 15) is 13.2 Å². The van der Waals surface area contributed by atoms with E-state index in [-0.39, 0.29) is 29.9 Å². The molecule has 2 nitrogen and oxygen atoms in total. The van der Waals surface area contributed by atoms with Crippen molar-refractivity contribution in [2.24, 2.45) is 5.92 Å². The molecule has 2 aliphatic rings. The second kappa shape index (κ2) is 8.36. The highest BCUT2D eigenvalue weighted by molar-refractivity contribution is 5.85. The number of piperazine rings is 1. The molecular formula is C17H24ClF3N2. The fourth-order valence-corrected chi connectivity index (χ4v) is 3.96. The third-order valence-electron chi connectivity index (χ3n) is 4.98. The molecule has 1 atom stereocenters. The zero-order valence-corrected chi connectivity index (χ0v) is 14.0. The molecule has 23 heavy (non-hydrogen) atoms. The van der Waals surface area contributed by atoms with Crippen LogP contribution in [0.25, 0.3) is 0 Å². The molecule has 1 aromatic carbocycles. The fourth-order valence-electron chi connectivity index (χ4n) is 3.96. The third kappa shape index (κ3) is 4.20. The summed E-state index contributed by atoms with van der Waals surface area (Å²) in [6, 6.07) is 1.36. The van der Waals surface area contributed by atoms with Gasteiger partial charge in [-0.15, -0.1) is 12.4 Å². The van der Waals surface area contributed by atoms with E-state index in [4.69, 9.17) is 0 Å². The monoisotopic (exact) mass is 348 g/mol.